The molecule has 1 aromatic heterocycles. The largest absolute Gasteiger partial charge is 0.369 e. The SMILES string of the molecule is CCCc1cc2c(cc1N1CCN(C3CC3)CC1)C(C)(C)c1[nH]c3cc(C)ccc3c1C2=O. The Hall–Kier alpha value is -2.59. The van der Waals surface area contributed by atoms with E-state index in [0.717, 1.165) is 72.8 Å². The van der Waals surface area contributed by atoms with E-state index in [2.05, 4.69) is 72.8 Å². The lowest BCUT2D eigenvalue weighted by atomic mass is 9.70. The molecule has 0 unspecified atom stereocenters. The summed E-state index contributed by atoms with van der Waals surface area (Å²) >= 11 is 0. The molecule has 0 atom stereocenters. The topological polar surface area (TPSA) is 39.3 Å². The molecule has 1 saturated heterocycles. The zero-order valence-corrected chi connectivity index (χ0v) is 20.4. The van der Waals surface area contributed by atoms with E-state index >= 15 is 0 Å². The summed E-state index contributed by atoms with van der Waals surface area (Å²) in [4.78, 5) is 22.8. The molecule has 1 N–H and O–H groups in total. The molecule has 1 aliphatic heterocycles. The predicted molar refractivity (Wildman–Crippen MR) is 136 cm³/mol. The second-order valence-electron chi connectivity index (χ2n) is 10.9. The number of aromatic amines is 1. The molecule has 6 rings (SSSR count). The van der Waals surface area contributed by atoms with Crippen molar-refractivity contribution in [3.05, 3.63) is 63.8 Å². The van der Waals surface area contributed by atoms with Crippen molar-refractivity contribution in [3.8, 4) is 0 Å². The molecular formula is C29H35N3O. The van der Waals surface area contributed by atoms with Gasteiger partial charge in [0.15, 0.2) is 5.78 Å². The molecule has 0 bridgehead atoms. The van der Waals surface area contributed by atoms with E-state index in [1.54, 1.807) is 0 Å². The molecule has 4 nitrogen and oxygen atoms in total. The number of rotatable bonds is 4. The summed E-state index contributed by atoms with van der Waals surface area (Å²) in [6, 6.07) is 11.8. The van der Waals surface area contributed by atoms with Crippen molar-refractivity contribution in [2.24, 2.45) is 0 Å². The number of benzene rings is 2. The van der Waals surface area contributed by atoms with Crippen molar-refractivity contribution in [1.29, 1.82) is 0 Å². The van der Waals surface area contributed by atoms with Crippen LogP contribution in [-0.4, -0.2) is 47.9 Å². The molecular weight excluding hydrogens is 406 g/mol. The van der Waals surface area contributed by atoms with Crippen LogP contribution in [0.3, 0.4) is 0 Å². The number of aryl methyl sites for hydroxylation is 2. The van der Waals surface area contributed by atoms with Crippen LogP contribution in [0.25, 0.3) is 10.9 Å². The molecule has 3 aromatic rings. The van der Waals surface area contributed by atoms with Gasteiger partial charge in [0.05, 0.1) is 5.56 Å². The number of ketones is 1. The van der Waals surface area contributed by atoms with Gasteiger partial charge in [-0.25, -0.2) is 0 Å². The van der Waals surface area contributed by atoms with E-state index in [9.17, 15) is 4.79 Å². The van der Waals surface area contributed by atoms with Crippen LogP contribution in [0.5, 0.6) is 0 Å². The first-order chi connectivity index (χ1) is 15.9. The molecule has 2 aliphatic carbocycles. The van der Waals surface area contributed by atoms with Gasteiger partial charge in [0, 0.05) is 65.5 Å². The van der Waals surface area contributed by atoms with Crippen molar-refractivity contribution in [2.45, 2.75) is 64.8 Å². The number of hydrogen-bond donors (Lipinski definition) is 1. The minimum absolute atomic E-state index is 0.178. The van der Waals surface area contributed by atoms with E-state index in [-0.39, 0.29) is 11.2 Å². The third-order valence-corrected chi connectivity index (χ3v) is 8.18. The first kappa shape index (κ1) is 21.0. The van der Waals surface area contributed by atoms with Gasteiger partial charge in [-0.3, -0.25) is 9.69 Å². The maximum absolute atomic E-state index is 13.9. The van der Waals surface area contributed by atoms with Crippen LogP contribution in [0.1, 0.15) is 78.3 Å². The van der Waals surface area contributed by atoms with Gasteiger partial charge in [-0.2, -0.15) is 0 Å². The molecule has 33 heavy (non-hydrogen) atoms. The molecule has 2 aromatic carbocycles. The summed E-state index contributed by atoms with van der Waals surface area (Å²) in [7, 11) is 0. The van der Waals surface area contributed by atoms with Crippen LogP contribution in [0.15, 0.2) is 30.3 Å². The number of hydrogen-bond acceptors (Lipinski definition) is 3. The summed E-state index contributed by atoms with van der Waals surface area (Å²) in [5.41, 5.74) is 8.72. The van der Waals surface area contributed by atoms with Crippen molar-refractivity contribution in [3.63, 3.8) is 0 Å². The molecule has 172 valence electrons. The average molecular weight is 442 g/mol. The summed E-state index contributed by atoms with van der Waals surface area (Å²) in [6.07, 6.45) is 4.85. The van der Waals surface area contributed by atoms with E-state index in [1.807, 2.05) is 0 Å². The molecule has 3 aliphatic rings. The average Bonchev–Trinajstić information content (AvgIpc) is 3.58. The van der Waals surface area contributed by atoms with Crippen molar-refractivity contribution in [1.82, 2.24) is 9.88 Å². The fourth-order valence-electron chi connectivity index (χ4n) is 6.15. The molecule has 0 spiro atoms. The summed E-state index contributed by atoms with van der Waals surface area (Å²) in [5, 5.41) is 1.05. The quantitative estimate of drug-likeness (QED) is 0.574. The lowest BCUT2D eigenvalue weighted by Crippen LogP contribution is -2.47. The second kappa shape index (κ2) is 7.46. The Bertz CT molecular complexity index is 1260. The van der Waals surface area contributed by atoms with Gasteiger partial charge in [0.1, 0.15) is 0 Å². The molecule has 4 heteroatoms. The van der Waals surface area contributed by atoms with Gasteiger partial charge in [0.25, 0.3) is 0 Å². The summed E-state index contributed by atoms with van der Waals surface area (Å²) in [6.45, 7) is 13.4. The fraction of sp³-hybridized carbons (Fsp3) is 0.483. The number of carbonyl (C=O) groups is 1. The van der Waals surface area contributed by atoms with Gasteiger partial charge >= 0.3 is 0 Å². The number of piperazine rings is 1. The minimum Gasteiger partial charge on any atom is -0.369 e. The van der Waals surface area contributed by atoms with Crippen molar-refractivity contribution < 1.29 is 4.79 Å². The second-order valence-corrected chi connectivity index (χ2v) is 10.9. The summed E-state index contributed by atoms with van der Waals surface area (Å²) < 4.78 is 0. The first-order valence-corrected chi connectivity index (χ1v) is 12.7. The third kappa shape index (κ3) is 3.25. The Kier molecular flexibility index (Phi) is 4.74. The van der Waals surface area contributed by atoms with Crippen molar-refractivity contribution in [2.75, 3.05) is 31.1 Å². The van der Waals surface area contributed by atoms with Crippen LogP contribution in [0.2, 0.25) is 0 Å². The number of nitrogens with one attached hydrogen (secondary N) is 1. The summed E-state index contributed by atoms with van der Waals surface area (Å²) in [5.74, 6) is 0.178. The van der Waals surface area contributed by atoms with Gasteiger partial charge < -0.3 is 9.88 Å². The van der Waals surface area contributed by atoms with Crippen molar-refractivity contribution >= 4 is 22.4 Å². The van der Waals surface area contributed by atoms with Gasteiger partial charge in [-0.1, -0.05) is 39.3 Å². The number of fused-ring (bicyclic) bond motifs is 4. The normalized spacial score (nSPS) is 20.2. The smallest absolute Gasteiger partial charge is 0.195 e. The van der Waals surface area contributed by atoms with Crippen LogP contribution in [0.4, 0.5) is 5.69 Å². The van der Waals surface area contributed by atoms with Gasteiger partial charge in [-0.15, -0.1) is 0 Å². The molecule has 2 heterocycles. The van der Waals surface area contributed by atoms with Gasteiger partial charge in [0.2, 0.25) is 0 Å². The lowest BCUT2D eigenvalue weighted by Gasteiger charge is -2.39. The Balaban J connectivity index is 1.46. The highest BCUT2D eigenvalue weighted by molar-refractivity contribution is 6.20. The third-order valence-electron chi connectivity index (χ3n) is 8.18. The molecule has 2 fully saturated rings. The number of aromatic nitrogens is 1. The zero-order chi connectivity index (χ0) is 22.9. The Morgan fingerprint density at radius 1 is 1.06 bits per heavy atom. The molecule has 0 amide bonds. The van der Waals surface area contributed by atoms with E-state index in [0.29, 0.717) is 0 Å². The van der Waals surface area contributed by atoms with E-state index < -0.39 is 0 Å². The highest BCUT2D eigenvalue weighted by Gasteiger charge is 2.41. The molecule has 1 saturated carbocycles. The number of carbonyl (C=O) groups excluding carboxylic acids is 1. The lowest BCUT2D eigenvalue weighted by molar-refractivity contribution is 0.103. The zero-order valence-electron chi connectivity index (χ0n) is 20.4. The maximum atomic E-state index is 13.9. The van der Waals surface area contributed by atoms with E-state index in [1.165, 1.54) is 35.2 Å². The maximum Gasteiger partial charge on any atom is 0.195 e. The Labute approximate surface area is 197 Å². The fourth-order valence-corrected chi connectivity index (χ4v) is 6.15. The number of anilines is 1. The molecule has 0 radical (unpaired) electrons. The minimum atomic E-state index is -0.249. The van der Waals surface area contributed by atoms with Crippen LogP contribution < -0.4 is 4.90 Å². The van der Waals surface area contributed by atoms with Crippen LogP contribution in [0, 0.1) is 6.92 Å². The predicted octanol–water partition coefficient (Wildman–Crippen LogP) is 5.58. The number of nitrogens with zero attached hydrogens (tertiary/aromatic N) is 2. The highest BCUT2D eigenvalue weighted by atomic mass is 16.1. The number of H-pyrrole nitrogens is 1. The standard InChI is InChI=1S/C29H35N3O/c1-5-6-19-16-22-23(17-25(19)32-13-11-31(12-14-32)20-8-9-20)29(3,4)28-26(27(22)33)21-10-7-18(2)15-24(21)30-28/h7,10,15-17,20,30H,5-6,8-9,11-14H2,1-4H3. The van der Waals surface area contributed by atoms with Crippen LogP contribution in [-0.2, 0) is 11.8 Å². The Morgan fingerprint density at radius 2 is 1.82 bits per heavy atom. The van der Waals surface area contributed by atoms with Crippen LogP contribution >= 0.6 is 0 Å². The Morgan fingerprint density at radius 3 is 2.52 bits per heavy atom. The van der Waals surface area contributed by atoms with Gasteiger partial charge in [-0.05, 0) is 61.1 Å². The van der Waals surface area contributed by atoms with E-state index in [4.69, 9.17) is 0 Å². The monoisotopic (exact) mass is 441 g/mol. The first-order valence-electron chi connectivity index (χ1n) is 12.7. The highest BCUT2D eigenvalue weighted by Crippen LogP contribution is 2.46.